The highest BCUT2D eigenvalue weighted by molar-refractivity contribution is 5.83. The van der Waals surface area contributed by atoms with Crippen molar-refractivity contribution in [1.29, 1.82) is 0 Å². The second-order valence-corrected chi connectivity index (χ2v) is 18.2. The number of hydrogen-bond acceptors (Lipinski definition) is 17. The van der Waals surface area contributed by atoms with Gasteiger partial charge in [0.25, 0.3) is 0 Å². The predicted octanol–water partition coefficient (Wildman–Crippen LogP) is 2.68. The van der Waals surface area contributed by atoms with Crippen LogP contribution in [0.3, 0.4) is 0 Å². The molecule has 0 amide bonds. The Morgan fingerprint density at radius 3 is 2.03 bits per heavy atom. The van der Waals surface area contributed by atoms with Gasteiger partial charge in [0, 0.05) is 31.3 Å². The van der Waals surface area contributed by atoms with Crippen LogP contribution in [0.4, 0.5) is 0 Å². The standard InChI is InChI=1S/C43H75NO16/c1-15-29-43(11,52)36(48)24(5)33(47)22(3)20-41(9,51)38(25(6)34(26(7)39(50)57-29)59-32-21-42(10,53-14)37(49)27(8)56-32)60-40-35(28(44(12)13)19-23(4)55-40)58-31(46)18-17-30(45)54-16-2/h22-29,32,34-38,40,48-49,51-52H,15-21H2,1-14H3/t22-,23-,24+,25-,26-,27+,28+,29-,32+,34+,35-,36+,37+,38-,40+,41-,42-,43-/m1/s1. The Bertz CT molecular complexity index is 1440. The molecule has 3 rings (SSSR count). The Morgan fingerprint density at radius 2 is 1.47 bits per heavy atom. The summed E-state index contributed by atoms with van der Waals surface area (Å²) in [5, 5.41) is 46.8. The van der Waals surface area contributed by atoms with Gasteiger partial charge in [-0.2, -0.15) is 0 Å². The number of nitrogens with zero attached hydrogens (tertiary/aromatic N) is 1. The third-order valence-electron chi connectivity index (χ3n) is 12.9. The molecule has 3 aliphatic heterocycles. The van der Waals surface area contributed by atoms with E-state index in [4.69, 9.17) is 37.9 Å². The Kier molecular flexibility index (Phi) is 18.5. The number of carbonyl (C=O) groups is 4. The van der Waals surface area contributed by atoms with Crippen molar-refractivity contribution >= 4 is 23.7 Å². The predicted molar refractivity (Wildman–Crippen MR) is 216 cm³/mol. The number of aliphatic hydroxyl groups excluding tert-OH is 2. The molecule has 3 saturated heterocycles. The third-order valence-corrected chi connectivity index (χ3v) is 12.9. The summed E-state index contributed by atoms with van der Waals surface area (Å²) in [5.74, 6) is -6.64. The molecule has 0 spiro atoms. The fraction of sp³-hybridized carbons (Fsp3) is 0.907. The molecule has 17 nitrogen and oxygen atoms in total. The average Bonchev–Trinajstić information content (AvgIpc) is 3.17. The van der Waals surface area contributed by atoms with E-state index in [1.54, 1.807) is 48.5 Å². The number of hydrogen-bond donors (Lipinski definition) is 4. The number of cyclic esters (lactones) is 1. The second kappa shape index (κ2) is 21.4. The van der Waals surface area contributed by atoms with Crippen LogP contribution in [-0.4, -0.2) is 161 Å². The van der Waals surface area contributed by atoms with Crippen molar-refractivity contribution in [2.75, 3.05) is 27.8 Å². The number of aliphatic hydroxyl groups is 4. The second-order valence-electron chi connectivity index (χ2n) is 18.2. The van der Waals surface area contributed by atoms with E-state index < -0.39 is 132 Å². The molecule has 0 unspecified atom stereocenters. The topological polar surface area (TPSA) is 226 Å². The summed E-state index contributed by atoms with van der Waals surface area (Å²) < 4.78 is 48.8. The molecule has 0 bridgehead atoms. The van der Waals surface area contributed by atoms with Crippen molar-refractivity contribution in [3.63, 3.8) is 0 Å². The van der Waals surface area contributed by atoms with Gasteiger partial charge in [0.2, 0.25) is 0 Å². The molecule has 3 heterocycles. The summed E-state index contributed by atoms with van der Waals surface area (Å²) in [5.41, 5.74) is -5.06. The number of ether oxygens (including phenoxy) is 8. The number of Topliss-reactive ketones (excluding diaryl/α,β-unsaturated/α-hetero) is 1. The van der Waals surface area contributed by atoms with Crippen LogP contribution in [0.2, 0.25) is 0 Å². The van der Waals surface area contributed by atoms with E-state index in [0.717, 1.165) is 0 Å². The molecule has 3 fully saturated rings. The van der Waals surface area contributed by atoms with Crippen molar-refractivity contribution < 1.29 is 77.5 Å². The lowest BCUT2D eigenvalue weighted by molar-refractivity contribution is -0.319. The van der Waals surface area contributed by atoms with Crippen LogP contribution in [0.5, 0.6) is 0 Å². The van der Waals surface area contributed by atoms with Crippen molar-refractivity contribution in [1.82, 2.24) is 4.90 Å². The van der Waals surface area contributed by atoms with E-state index in [-0.39, 0.29) is 38.7 Å². The minimum absolute atomic E-state index is 0.0431. The number of carbonyl (C=O) groups excluding carboxylic acids is 4. The molecular weight excluding hydrogens is 786 g/mol. The molecule has 0 aromatic carbocycles. The van der Waals surface area contributed by atoms with Crippen molar-refractivity contribution in [3.05, 3.63) is 0 Å². The number of esters is 3. The van der Waals surface area contributed by atoms with Gasteiger partial charge in [-0.25, -0.2) is 0 Å². The normalized spacial score (nSPS) is 43.8. The first-order valence-electron chi connectivity index (χ1n) is 21.5. The van der Waals surface area contributed by atoms with Crippen LogP contribution in [0.25, 0.3) is 0 Å². The first-order valence-corrected chi connectivity index (χ1v) is 21.5. The van der Waals surface area contributed by atoms with Gasteiger partial charge in [-0.3, -0.25) is 19.2 Å². The molecule has 0 radical (unpaired) electrons. The molecule has 348 valence electrons. The quantitative estimate of drug-likeness (QED) is 0.163. The lowest BCUT2D eigenvalue weighted by Gasteiger charge is -2.49. The minimum Gasteiger partial charge on any atom is -0.466 e. The first kappa shape index (κ1) is 52.0. The SMILES string of the molecule is CCOC(=O)CCC(=O)O[C@H]1[C@H](O[C@@H]2[C@H](C)[C@H](O[C@H]3C[C@@](C)(OC)[C@@H](O)[C@H](C)O3)[C@@H](C)C(=O)O[C@H](CC)[C@@](C)(O)[C@@H](O)[C@@H](C)C(=O)[C@H](C)C[C@@]2(C)O)O[C@H](C)C[C@@H]1N(C)C. The van der Waals surface area contributed by atoms with E-state index in [2.05, 4.69) is 0 Å². The fourth-order valence-corrected chi connectivity index (χ4v) is 9.17. The Labute approximate surface area is 356 Å². The molecule has 0 saturated carbocycles. The largest absolute Gasteiger partial charge is 0.466 e. The van der Waals surface area contributed by atoms with Gasteiger partial charge >= 0.3 is 17.9 Å². The Balaban J connectivity index is 2.22. The molecule has 18 atom stereocenters. The summed E-state index contributed by atoms with van der Waals surface area (Å²) >= 11 is 0. The maximum Gasteiger partial charge on any atom is 0.311 e. The van der Waals surface area contributed by atoms with Crippen LogP contribution in [-0.2, 0) is 57.1 Å². The summed E-state index contributed by atoms with van der Waals surface area (Å²) in [6, 6.07) is -0.443. The van der Waals surface area contributed by atoms with E-state index in [1.165, 1.54) is 27.9 Å². The van der Waals surface area contributed by atoms with Gasteiger partial charge in [-0.05, 0) is 81.8 Å². The number of ketones is 1. The van der Waals surface area contributed by atoms with Gasteiger partial charge in [0.1, 0.15) is 23.6 Å². The van der Waals surface area contributed by atoms with Crippen molar-refractivity contribution in [3.8, 4) is 0 Å². The first-order chi connectivity index (χ1) is 27.8. The zero-order chi connectivity index (χ0) is 45.7. The third kappa shape index (κ3) is 12.2. The molecule has 60 heavy (non-hydrogen) atoms. The Morgan fingerprint density at radius 1 is 0.850 bits per heavy atom. The number of methoxy groups -OCH3 is 1. The highest BCUT2D eigenvalue weighted by atomic mass is 16.7. The monoisotopic (exact) mass is 862 g/mol. The van der Waals surface area contributed by atoms with Crippen LogP contribution in [0, 0.1) is 23.7 Å². The molecule has 0 aromatic heterocycles. The highest BCUT2D eigenvalue weighted by Crippen LogP contribution is 2.41. The van der Waals surface area contributed by atoms with Crippen molar-refractivity contribution in [2.24, 2.45) is 23.7 Å². The molecular formula is C43H75NO16. The Hall–Kier alpha value is -2.32. The maximum atomic E-state index is 14.3. The van der Waals surface area contributed by atoms with Gasteiger partial charge in [-0.15, -0.1) is 0 Å². The minimum atomic E-state index is -2.04. The highest BCUT2D eigenvalue weighted by Gasteiger charge is 2.54. The molecule has 0 aliphatic carbocycles. The number of rotatable bonds is 12. The lowest BCUT2D eigenvalue weighted by Crippen LogP contribution is -2.61. The van der Waals surface area contributed by atoms with Crippen LogP contribution in [0.1, 0.15) is 115 Å². The van der Waals surface area contributed by atoms with E-state index in [9.17, 15) is 39.6 Å². The van der Waals surface area contributed by atoms with Gasteiger partial charge in [0.05, 0.1) is 73.1 Å². The van der Waals surface area contributed by atoms with Gasteiger partial charge in [-0.1, -0.05) is 27.7 Å². The van der Waals surface area contributed by atoms with E-state index in [0.29, 0.717) is 6.42 Å². The molecule has 0 aromatic rings. The van der Waals surface area contributed by atoms with Crippen LogP contribution < -0.4 is 0 Å². The average molecular weight is 862 g/mol. The summed E-state index contributed by atoms with van der Waals surface area (Å²) in [4.78, 5) is 55.6. The van der Waals surface area contributed by atoms with Crippen LogP contribution >= 0.6 is 0 Å². The zero-order valence-electron chi connectivity index (χ0n) is 38.2. The zero-order valence-corrected chi connectivity index (χ0v) is 38.2. The van der Waals surface area contributed by atoms with E-state index >= 15 is 0 Å². The summed E-state index contributed by atoms with van der Waals surface area (Å²) in [6.45, 7) is 17.9. The molecule has 3 aliphatic rings. The maximum absolute atomic E-state index is 14.3. The number of likely N-dealkylation sites (N-methyl/N-ethyl adjacent to an activating group) is 1. The van der Waals surface area contributed by atoms with Gasteiger partial charge < -0.3 is 63.2 Å². The summed E-state index contributed by atoms with van der Waals surface area (Å²) in [6.07, 6.45) is -11.1. The van der Waals surface area contributed by atoms with Crippen molar-refractivity contribution in [2.45, 2.75) is 199 Å². The lowest BCUT2D eigenvalue weighted by atomic mass is 9.74. The smallest absolute Gasteiger partial charge is 0.311 e. The fourth-order valence-electron chi connectivity index (χ4n) is 9.17. The van der Waals surface area contributed by atoms with E-state index in [1.807, 2.05) is 25.9 Å². The molecule has 4 N–H and O–H groups in total. The van der Waals surface area contributed by atoms with Crippen LogP contribution in [0.15, 0.2) is 0 Å². The molecule has 17 heteroatoms. The van der Waals surface area contributed by atoms with Gasteiger partial charge in [0.15, 0.2) is 18.7 Å². The summed E-state index contributed by atoms with van der Waals surface area (Å²) in [7, 11) is 5.09.